The van der Waals surface area contributed by atoms with E-state index in [9.17, 15) is 9.18 Å². The van der Waals surface area contributed by atoms with Crippen molar-refractivity contribution in [2.75, 3.05) is 0 Å². The van der Waals surface area contributed by atoms with E-state index < -0.39 is 0 Å². The number of hydrogen-bond donors (Lipinski definition) is 1. The molecule has 1 heterocycles. The molecule has 0 fully saturated rings. The lowest BCUT2D eigenvalue weighted by molar-refractivity contribution is -0.122. The number of aromatic nitrogens is 3. The second-order valence-corrected chi connectivity index (χ2v) is 6.13. The smallest absolute Gasteiger partial charge is 0.220 e. The van der Waals surface area contributed by atoms with Gasteiger partial charge in [0.15, 0.2) is 0 Å². The number of amides is 1. The van der Waals surface area contributed by atoms with E-state index in [1.165, 1.54) is 6.07 Å². The molecule has 2 aromatic rings. The Labute approximate surface area is 135 Å². The standard InChI is InChI=1S/C17H23FN4O/c1-12(2)16(11-22-9-8-19-21-22)20-17(23)7-5-14-4-6-15(18)13(3)10-14/h4,6,8-10,12,16H,5,7,11H2,1-3H3,(H,20,23). The predicted molar refractivity (Wildman–Crippen MR) is 86.2 cm³/mol. The first-order chi connectivity index (χ1) is 11.0. The van der Waals surface area contributed by atoms with Crippen LogP contribution in [0.3, 0.4) is 0 Å². The normalized spacial score (nSPS) is 12.4. The van der Waals surface area contributed by atoms with Gasteiger partial charge in [0, 0.05) is 12.6 Å². The van der Waals surface area contributed by atoms with Crippen LogP contribution >= 0.6 is 0 Å². The van der Waals surface area contributed by atoms with Gasteiger partial charge >= 0.3 is 0 Å². The summed E-state index contributed by atoms with van der Waals surface area (Å²) in [5.74, 6) is 0.0629. The average molecular weight is 318 g/mol. The fourth-order valence-electron chi connectivity index (χ4n) is 2.35. The number of benzene rings is 1. The fraction of sp³-hybridized carbons (Fsp3) is 0.471. The van der Waals surface area contributed by atoms with Gasteiger partial charge in [-0.15, -0.1) is 5.10 Å². The van der Waals surface area contributed by atoms with Gasteiger partial charge in [0.2, 0.25) is 5.91 Å². The van der Waals surface area contributed by atoms with Crippen molar-refractivity contribution in [2.24, 2.45) is 5.92 Å². The number of carbonyl (C=O) groups excluding carboxylic acids is 1. The molecular formula is C17H23FN4O. The summed E-state index contributed by atoms with van der Waals surface area (Å²) in [5, 5.41) is 10.8. The first-order valence-electron chi connectivity index (χ1n) is 7.84. The highest BCUT2D eigenvalue weighted by atomic mass is 19.1. The summed E-state index contributed by atoms with van der Waals surface area (Å²) in [7, 11) is 0. The van der Waals surface area contributed by atoms with Gasteiger partial charge < -0.3 is 5.32 Å². The summed E-state index contributed by atoms with van der Waals surface area (Å²) in [4.78, 5) is 12.2. The van der Waals surface area contributed by atoms with Crippen LogP contribution in [0.25, 0.3) is 0 Å². The van der Waals surface area contributed by atoms with Crippen LogP contribution in [0, 0.1) is 18.7 Å². The zero-order valence-electron chi connectivity index (χ0n) is 13.8. The van der Waals surface area contributed by atoms with Gasteiger partial charge in [0.05, 0.1) is 18.8 Å². The summed E-state index contributed by atoms with van der Waals surface area (Å²) in [6.07, 6.45) is 4.38. The second kappa shape index (κ2) is 7.85. The minimum Gasteiger partial charge on any atom is -0.351 e. The van der Waals surface area contributed by atoms with Crippen LogP contribution < -0.4 is 5.32 Å². The number of rotatable bonds is 7. The summed E-state index contributed by atoms with van der Waals surface area (Å²) in [5.41, 5.74) is 1.57. The van der Waals surface area contributed by atoms with Crippen molar-refractivity contribution in [2.45, 2.75) is 46.2 Å². The van der Waals surface area contributed by atoms with E-state index in [0.29, 0.717) is 24.9 Å². The SMILES string of the molecule is Cc1cc(CCC(=O)NC(Cn2ccnn2)C(C)C)ccc1F. The second-order valence-electron chi connectivity index (χ2n) is 6.13. The Morgan fingerprint density at radius 2 is 2.17 bits per heavy atom. The summed E-state index contributed by atoms with van der Waals surface area (Å²) in [6.45, 7) is 6.45. The van der Waals surface area contributed by atoms with Gasteiger partial charge in [-0.05, 0) is 36.5 Å². The van der Waals surface area contributed by atoms with Crippen molar-refractivity contribution in [3.8, 4) is 0 Å². The Morgan fingerprint density at radius 1 is 1.39 bits per heavy atom. The minimum absolute atomic E-state index is 0.000783. The van der Waals surface area contributed by atoms with Gasteiger partial charge in [0.25, 0.3) is 0 Å². The molecule has 23 heavy (non-hydrogen) atoms. The molecule has 0 saturated carbocycles. The number of halogens is 1. The molecule has 6 heteroatoms. The van der Waals surface area contributed by atoms with Gasteiger partial charge in [0.1, 0.15) is 5.82 Å². The molecule has 0 aliphatic heterocycles. The van der Waals surface area contributed by atoms with E-state index in [2.05, 4.69) is 29.5 Å². The van der Waals surface area contributed by atoms with Crippen LogP contribution in [0.2, 0.25) is 0 Å². The third-order valence-corrected chi connectivity index (χ3v) is 3.87. The summed E-state index contributed by atoms with van der Waals surface area (Å²) >= 11 is 0. The summed E-state index contributed by atoms with van der Waals surface area (Å²) < 4.78 is 15.0. The molecule has 0 saturated heterocycles. The molecule has 0 spiro atoms. The maximum Gasteiger partial charge on any atom is 0.220 e. The Hall–Kier alpha value is -2.24. The molecule has 1 aromatic carbocycles. The number of carbonyl (C=O) groups is 1. The van der Waals surface area contributed by atoms with Gasteiger partial charge in [-0.25, -0.2) is 4.39 Å². The molecule has 1 atom stereocenters. The number of nitrogens with one attached hydrogen (secondary N) is 1. The maximum absolute atomic E-state index is 13.2. The predicted octanol–water partition coefficient (Wildman–Crippen LogP) is 2.50. The summed E-state index contributed by atoms with van der Waals surface area (Å²) in [6, 6.07) is 4.96. The maximum atomic E-state index is 13.2. The van der Waals surface area contributed by atoms with Crippen molar-refractivity contribution in [3.05, 3.63) is 47.5 Å². The zero-order chi connectivity index (χ0) is 16.8. The van der Waals surface area contributed by atoms with Crippen molar-refractivity contribution in [1.29, 1.82) is 0 Å². The highest BCUT2D eigenvalue weighted by Gasteiger charge is 2.17. The Morgan fingerprint density at radius 3 is 2.78 bits per heavy atom. The minimum atomic E-state index is -0.217. The number of nitrogens with zero attached hydrogens (tertiary/aromatic N) is 3. The molecule has 0 radical (unpaired) electrons. The molecule has 1 N–H and O–H groups in total. The van der Waals surface area contributed by atoms with Crippen molar-refractivity contribution >= 4 is 5.91 Å². The van der Waals surface area contributed by atoms with Gasteiger partial charge in [-0.3, -0.25) is 9.48 Å². The lowest BCUT2D eigenvalue weighted by Crippen LogP contribution is -2.41. The number of hydrogen-bond acceptors (Lipinski definition) is 3. The highest BCUT2D eigenvalue weighted by Crippen LogP contribution is 2.11. The van der Waals surface area contributed by atoms with Gasteiger partial charge in [-0.1, -0.05) is 31.2 Å². The van der Waals surface area contributed by atoms with E-state index in [1.807, 2.05) is 0 Å². The molecular weight excluding hydrogens is 295 g/mol. The van der Waals surface area contributed by atoms with E-state index in [-0.39, 0.29) is 23.7 Å². The molecule has 1 amide bonds. The quantitative estimate of drug-likeness (QED) is 0.853. The molecule has 5 nitrogen and oxygen atoms in total. The zero-order valence-corrected chi connectivity index (χ0v) is 13.8. The monoisotopic (exact) mass is 318 g/mol. The number of aryl methyl sites for hydroxylation is 2. The van der Waals surface area contributed by atoms with Crippen LogP contribution in [0.1, 0.15) is 31.4 Å². The lowest BCUT2D eigenvalue weighted by atomic mass is 10.0. The van der Waals surface area contributed by atoms with Crippen molar-refractivity contribution < 1.29 is 9.18 Å². The molecule has 0 aliphatic rings. The highest BCUT2D eigenvalue weighted by molar-refractivity contribution is 5.76. The molecule has 2 rings (SSSR count). The van der Waals surface area contributed by atoms with E-state index in [1.54, 1.807) is 36.1 Å². The Kier molecular flexibility index (Phi) is 5.84. The van der Waals surface area contributed by atoms with Crippen molar-refractivity contribution in [3.63, 3.8) is 0 Å². The van der Waals surface area contributed by atoms with Crippen molar-refractivity contribution in [1.82, 2.24) is 20.3 Å². The van der Waals surface area contributed by atoms with Crippen LogP contribution in [0.15, 0.2) is 30.6 Å². The van der Waals surface area contributed by atoms with Crippen LogP contribution in [-0.2, 0) is 17.8 Å². The van der Waals surface area contributed by atoms with Crippen LogP contribution in [-0.4, -0.2) is 26.9 Å². The van der Waals surface area contributed by atoms with Crippen LogP contribution in [0.4, 0.5) is 4.39 Å². The third kappa shape index (κ3) is 5.16. The molecule has 0 bridgehead atoms. The average Bonchev–Trinajstić information content (AvgIpc) is 3.01. The third-order valence-electron chi connectivity index (χ3n) is 3.87. The van der Waals surface area contributed by atoms with Crippen LogP contribution in [0.5, 0.6) is 0 Å². The Bertz CT molecular complexity index is 640. The molecule has 0 aliphatic carbocycles. The van der Waals surface area contributed by atoms with E-state index in [0.717, 1.165) is 5.56 Å². The molecule has 1 unspecified atom stereocenters. The fourth-order valence-corrected chi connectivity index (χ4v) is 2.35. The first-order valence-corrected chi connectivity index (χ1v) is 7.84. The topological polar surface area (TPSA) is 59.8 Å². The molecule has 124 valence electrons. The molecule has 1 aromatic heterocycles. The lowest BCUT2D eigenvalue weighted by Gasteiger charge is -2.22. The first kappa shape index (κ1) is 17.1. The largest absolute Gasteiger partial charge is 0.351 e. The van der Waals surface area contributed by atoms with E-state index >= 15 is 0 Å². The van der Waals surface area contributed by atoms with Gasteiger partial charge in [-0.2, -0.15) is 0 Å². The Balaban J connectivity index is 1.87. The van der Waals surface area contributed by atoms with E-state index in [4.69, 9.17) is 0 Å².